The number of amides is 4. The maximum absolute atomic E-state index is 10.7. The summed E-state index contributed by atoms with van der Waals surface area (Å²) in [5.74, 6) is 0. The molecule has 0 aliphatic rings. The van der Waals surface area contributed by atoms with Crippen LogP contribution in [-0.4, -0.2) is 30.5 Å². The number of nitrogens with one attached hydrogen (secondary N) is 1. The summed E-state index contributed by atoms with van der Waals surface area (Å²) in [6.45, 7) is 0. The molecule has 0 unspecified atom stereocenters. The van der Waals surface area contributed by atoms with Gasteiger partial charge in [0.2, 0.25) is 0 Å². The van der Waals surface area contributed by atoms with E-state index in [0.717, 1.165) is 0 Å². The summed E-state index contributed by atoms with van der Waals surface area (Å²) in [6.07, 6.45) is 0. The number of urea groups is 2. The van der Waals surface area contributed by atoms with Gasteiger partial charge in [-0.3, -0.25) is 9.87 Å². The second-order valence-corrected chi connectivity index (χ2v) is 3.19. The zero-order valence-corrected chi connectivity index (χ0v) is 7.59. The van der Waals surface area contributed by atoms with Gasteiger partial charge < -0.3 is 11.5 Å². The molecule has 0 rings (SSSR count). The van der Waals surface area contributed by atoms with E-state index in [1.807, 2.05) is 0 Å². The maximum atomic E-state index is 10.7. The molecular weight excluding hydrogens is 247 g/mol. The lowest BCUT2D eigenvalue weighted by Crippen LogP contribution is -2.38. The van der Waals surface area contributed by atoms with E-state index >= 15 is 0 Å². The number of alkyl halides is 3. The van der Waals surface area contributed by atoms with Gasteiger partial charge in [-0.1, -0.05) is 0 Å². The number of carbonyl (C=O) groups excluding carboxylic acids is 2. The second-order valence-electron chi connectivity index (χ2n) is 1.77. The summed E-state index contributed by atoms with van der Waals surface area (Å²) in [5, 5.41) is 1.58. The smallest absolute Gasteiger partial charge is 0.351 e. The Bertz CT molecular complexity index is 323. The molecule has 0 heterocycles. The molecule has 4 amide bonds. The molecule has 12 heteroatoms. The van der Waals surface area contributed by atoms with Crippen molar-refractivity contribution in [1.82, 2.24) is 5.32 Å². The van der Waals surface area contributed by atoms with E-state index in [4.69, 9.17) is 13.0 Å². The topological polar surface area (TPSA) is 153 Å². The van der Waals surface area contributed by atoms with Gasteiger partial charge in [-0.05, 0) is 0 Å². The molecule has 15 heavy (non-hydrogen) atoms. The Morgan fingerprint density at radius 1 is 1.13 bits per heavy atom. The first kappa shape index (κ1) is 15.9. The molecule has 0 aromatic carbocycles. The van der Waals surface area contributed by atoms with Crippen LogP contribution in [0.25, 0.3) is 0 Å². The fourth-order valence-electron chi connectivity index (χ4n) is 0.121. The predicted molar refractivity (Wildman–Crippen MR) is 39.9 cm³/mol. The minimum absolute atomic E-state index is 0.937. The highest BCUT2D eigenvalue weighted by Gasteiger charge is 2.44. The minimum atomic E-state index is -5.84. The van der Waals surface area contributed by atoms with Crippen molar-refractivity contribution in [2.75, 3.05) is 0 Å². The largest absolute Gasteiger partial charge is 0.522 e. The van der Waals surface area contributed by atoms with Crippen molar-refractivity contribution in [2.45, 2.75) is 5.51 Å². The normalized spacial score (nSPS) is 10.9. The number of hydrogen-bond acceptors (Lipinski definition) is 4. The third-order valence-electron chi connectivity index (χ3n) is 0.539. The van der Waals surface area contributed by atoms with Crippen molar-refractivity contribution < 1.29 is 35.7 Å². The molecule has 0 atom stereocenters. The molecule has 90 valence electrons. The third kappa shape index (κ3) is 10.4. The molecule has 0 aromatic heterocycles. The Morgan fingerprint density at radius 2 is 1.33 bits per heavy atom. The summed E-state index contributed by atoms with van der Waals surface area (Å²) < 4.78 is 57.5. The summed E-state index contributed by atoms with van der Waals surface area (Å²) in [4.78, 5) is 19.2. The Labute approximate surface area is 81.2 Å². The number of halogens is 3. The van der Waals surface area contributed by atoms with Gasteiger partial charge in [0.1, 0.15) is 0 Å². The van der Waals surface area contributed by atoms with E-state index in [1.165, 1.54) is 0 Å². The Hall–Kier alpha value is -1.56. The van der Waals surface area contributed by atoms with Crippen molar-refractivity contribution in [3.8, 4) is 0 Å². The number of nitrogens with two attached hydrogens (primary N) is 2. The van der Waals surface area contributed by atoms with Crippen LogP contribution in [0.2, 0.25) is 0 Å². The van der Waals surface area contributed by atoms with Crippen LogP contribution in [-0.2, 0) is 10.1 Å². The van der Waals surface area contributed by atoms with Gasteiger partial charge in [0.05, 0.1) is 0 Å². The van der Waals surface area contributed by atoms with Crippen LogP contribution in [0.4, 0.5) is 22.8 Å². The van der Waals surface area contributed by atoms with Gasteiger partial charge in [-0.15, -0.1) is 0 Å². The van der Waals surface area contributed by atoms with Gasteiger partial charge in [0.25, 0.3) is 0 Å². The second kappa shape index (κ2) is 5.35. The van der Waals surface area contributed by atoms with E-state index < -0.39 is 27.7 Å². The van der Waals surface area contributed by atoms with E-state index in [0.29, 0.717) is 0 Å². The SMILES string of the molecule is NC(=O)NC(N)=O.O=S(=O)(O)C(F)(F)F. The van der Waals surface area contributed by atoms with Gasteiger partial charge in [-0.2, -0.15) is 21.6 Å². The highest BCUT2D eigenvalue weighted by Crippen LogP contribution is 2.20. The Morgan fingerprint density at radius 3 is 1.33 bits per heavy atom. The van der Waals surface area contributed by atoms with E-state index in [2.05, 4.69) is 11.5 Å². The molecule has 0 spiro atoms. The highest BCUT2D eigenvalue weighted by molar-refractivity contribution is 7.86. The lowest BCUT2D eigenvalue weighted by atomic mass is 10.9. The Balaban J connectivity index is 0. The summed E-state index contributed by atoms with van der Waals surface area (Å²) in [5.41, 5.74) is 3.35. The third-order valence-corrected chi connectivity index (χ3v) is 1.12. The van der Waals surface area contributed by atoms with Crippen LogP contribution < -0.4 is 16.8 Å². The summed E-state index contributed by atoms with van der Waals surface area (Å²) >= 11 is 0. The zero-order valence-electron chi connectivity index (χ0n) is 6.78. The number of hydrogen-bond donors (Lipinski definition) is 4. The van der Waals surface area contributed by atoms with Crippen LogP contribution in [0.15, 0.2) is 0 Å². The van der Waals surface area contributed by atoms with Crippen molar-refractivity contribution in [1.29, 1.82) is 0 Å². The standard InChI is InChI=1S/C2H5N3O2.CHF3O3S/c3-1(6)5-2(4)7;2-1(3,4)8(5,6)7/h(H5,3,4,5,6,7);(H,5,6,7). The van der Waals surface area contributed by atoms with Gasteiger partial charge >= 0.3 is 27.7 Å². The molecule has 0 aliphatic heterocycles. The van der Waals surface area contributed by atoms with Gasteiger partial charge in [0, 0.05) is 0 Å². The Kier molecular flexibility index (Phi) is 5.67. The van der Waals surface area contributed by atoms with E-state index in [-0.39, 0.29) is 0 Å². The fraction of sp³-hybridized carbons (Fsp3) is 0.333. The molecule has 0 aliphatic carbocycles. The van der Waals surface area contributed by atoms with Crippen LogP contribution in [0.1, 0.15) is 0 Å². The average Bonchev–Trinajstić information content (AvgIpc) is 1.78. The minimum Gasteiger partial charge on any atom is -0.351 e. The maximum Gasteiger partial charge on any atom is 0.522 e. The molecule has 6 N–H and O–H groups in total. The van der Waals surface area contributed by atoms with Crippen molar-refractivity contribution >= 4 is 22.2 Å². The fourth-order valence-corrected chi connectivity index (χ4v) is 0.121. The van der Waals surface area contributed by atoms with E-state index in [1.54, 1.807) is 5.32 Å². The molecular formula is C3H6F3N3O5S. The molecule has 0 bridgehead atoms. The molecule has 0 saturated carbocycles. The first-order chi connectivity index (χ1) is 6.38. The first-order valence-electron chi connectivity index (χ1n) is 2.77. The predicted octanol–water partition coefficient (Wildman–Crippen LogP) is -0.873. The van der Waals surface area contributed by atoms with Gasteiger partial charge in [-0.25, -0.2) is 9.59 Å². The van der Waals surface area contributed by atoms with Crippen LogP contribution in [0.5, 0.6) is 0 Å². The summed E-state index contributed by atoms with van der Waals surface area (Å²) in [7, 11) is -5.84. The number of imide groups is 1. The van der Waals surface area contributed by atoms with Crippen LogP contribution in [0.3, 0.4) is 0 Å². The molecule has 0 saturated heterocycles. The van der Waals surface area contributed by atoms with Crippen LogP contribution in [0, 0.1) is 0 Å². The zero-order chi connectivity index (χ0) is 12.9. The lowest BCUT2D eigenvalue weighted by molar-refractivity contribution is -0.0510. The molecule has 0 aromatic rings. The number of rotatable bonds is 0. The number of primary amides is 2. The average molecular weight is 253 g/mol. The highest BCUT2D eigenvalue weighted by atomic mass is 32.2. The first-order valence-corrected chi connectivity index (χ1v) is 4.21. The van der Waals surface area contributed by atoms with Crippen LogP contribution >= 0.6 is 0 Å². The molecule has 0 fully saturated rings. The lowest BCUT2D eigenvalue weighted by Gasteiger charge is -1.97. The van der Waals surface area contributed by atoms with Crippen molar-refractivity contribution in [3.05, 3.63) is 0 Å². The van der Waals surface area contributed by atoms with Crippen molar-refractivity contribution in [3.63, 3.8) is 0 Å². The monoisotopic (exact) mass is 253 g/mol. The van der Waals surface area contributed by atoms with E-state index in [9.17, 15) is 22.8 Å². The molecule has 0 radical (unpaired) electrons. The molecule has 8 nitrogen and oxygen atoms in total. The van der Waals surface area contributed by atoms with Gasteiger partial charge in [0.15, 0.2) is 0 Å². The number of carbonyl (C=O) groups is 2. The summed E-state index contributed by atoms with van der Waals surface area (Å²) in [6, 6.07) is -1.88. The van der Waals surface area contributed by atoms with Crippen molar-refractivity contribution in [2.24, 2.45) is 11.5 Å². The quantitative estimate of drug-likeness (QED) is 0.326.